The number of nitrogens with zero attached hydrogens (tertiary/aromatic N) is 1. The van der Waals surface area contributed by atoms with Crippen LogP contribution in [0, 0.1) is 23.7 Å². The van der Waals surface area contributed by atoms with Crippen LogP contribution in [0.25, 0.3) is 6.08 Å². The predicted octanol–water partition coefficient (Wildman–Crippen LogP) is 4.57. The van der Waals surface area contributed by atoms with E-state index >= 15 is 0 Å². The summed E-state index contributed by atoms with van der Waals surface area (Å²) < 4.78 is 6.26. The molecule has 5 nitrogen and oxygen atoms in total. The van der Waals surface area contributed by atoms with E-state index in [9.17, 15) is 14.7 Å². The minimum Gasteiger partial charge on any atom is -0.508 e. The van der Waals surface area contributed by atoms with E-state index in [1.165, 1.54) is 21.6 Å². The molecule has 0 spiro atoms. The highest BCUT2D eigenvalue weighted by molar-refractivity contribution is 6.05. The smallest absolute Gasteiger partial charge is 0.233 e. The first-order valence-electron chi connectivity index (χ1n) is 11.5. The zero-order valence-electron chi connectivity index (χ0n) is 18.9. The monoisotopic (exact) mass is 423 g/mol. The number of allylic oxidation sites excluding steroid dienone is 2. The van der Waals surface area contributed by atoms with Crippen LogP contribution < -0.4 is 0 Å². The Hall–Kier alpha value is -2.40. The second-order valence-corrected chi connectivity index (χ2v) is 9.43. The molecule has 2 saturated heterocycles. The lowest BCUT2D eigenvalue weighted by Crippen LogP contribution is -2.34. The minimum absolute atomic E-state index is 0.0104. The van der Waals surface area contributed by atoms with E-state index in [1.54, 1.807) is 19.2 Å². The number of fused-ring (bicyclic) bond motifs is 3. The second kappa shape index (κ2) is 8.62. The van der Waals surface area contributed by atoms with Gasteiger partial charge in [-0.05, 0) is 54.9 Å². The number of amides is 2. The Balaban J connectivity index is 1.56. The van der Waals surface area contributed by atoms with Crippen LogP contribution in [0.4, 0.5) is 0 Å². The molecule has 2 fully saturated rings. The van der Waals surface area contributed by atoms with Crippen LogP contribution in [0.3, 0.4) is 0 Å². The molecule has 1 aromatic carbocycles. The molecule has 4 atom stereocenters. The van der Waals surface area contributed by atoms with Crippen molar-refractivity contribution in [3.05, 3.63) is 46.5 Å². The van der Waals surface area contributed by atoms with Crippen LogP contribution in [0.15, 0.2) is 41.0 Å². The molecule has 0 radical (unpaired) electrons. The normalized spacial score (nSPS) is 28.5. The summed E-state index contributed by atoms with van der Waals surface area (Å²) in [6.45, 7) is 7.04. The zero-order valence-corrected chi connectivity index (χ0v) is 18.9. The molecule has 0 saturated carbocycles. The second-order valence-electron chi connectivity index (χ2n) is 9.43. The van der Waals surface area contributed by atoms with Crippen molar-refractivity contribution in [1.82, 2.24) is 4.90 Å². The summed E-state index contributed by atoms with van der Waals surface area (Å²) in [6.07, 6.45) is 5.55. The van der Waals surface area contributed by atoms with Crippen molar-refractivity contribution in [3.8, 4) is 5.75 Å². The number of benzene rings is 1. The number of phenols is 1. The number of ether oxygens (including phenoxy) is 1. The molecule has 5 heteroatoms. The summed E-state index contributed by atoms with van der Waals surface area (Å²) in [4.78, 5) is 26.8. The van der Waals surface area contributed by atoms with Gasteiger partial charge >= 0.3 is 0 Å². The first kappa shape index (κ1) is 21.8. The quantitative estimate of drug-likeness (QED) is 0.538. The van der Waals surface area contributed by atoms with Crippen LogP contribution in [0.1, 0.15) is 52.0 Å². The lowest BCUT2D eigenvalue weighted by Gasteiger charge is -2.33. The molecular formula is C26H33NO4. The molecule has 0 bridgehead atoms. The topological polar surface area (TPSA) is 66.8 Å². The van der Waals surface area contributed by atoms with Gasteiger partial charge in [-0.2, -0.15) is 0 Å². The molecule has 1 N–H and O–H groups in total. The van der Waals surface area contributed by atoms with Crippen LogP contribution in [-0.4, -0.2) is 41.6 Å². The Morgan fingerprint density at radius 1 is 1.26 bits per heavy atom. The van der Waals surface area contributed by atoms with Gasteiger partial charge in [-0.1, -0.05) is 50.1 Å². The Kier molecular flexibility index (Phi) is 6.07. The van der Waals surface area contributed by atoms with E-state index in [4.69, 9.17) is 4.74 Å². The van der Waals surface area contributed by atoms with E-state index in [0.717, 1.165) is 24.8 Å². The Labute approximate surface area is 184 Å². The fourth-order valence-electron chi connectivity index (χ4n) is 5.63. The molecule has 0 aromatic heterocycles. The molecule has 2 amide bonds. The number of rotatable bonds is 6. The summed E-state index contributed by atoms with van der Waals surface area (Å²) in [5, 5.41) is 9.73. The average Bonchev–Trinajstić information content (AvgIpc) is 3.25. The highest BCUT2D eigenvalue weighted by Crippen LogP contribution is 2.51. The zero-order chi connectivity index (χ0) is 22.3. The molecule has 0 unspecified atom stereocenters. The van der Waals surface area contributed by atoms with E-state index in [0.29, 0.717) is 18.9 Å². The van der Waals surface area contributed by atoms with E-state index in [2.05, 4.69) is 26.8 Å². The van der Waals surface area contributed by atoms with Crippen LogP contribution >= 0.6 is 0 Å². The third-order valence-electron chi connectivity index (χ3n) is 7.28. The maximum absolute atomic E-state index is 12.8. The van der Waals surface area contributed by atoms with Gasteiger partial charge in [0, 0.05) is 13.0 Å². The maximum atomic E-state index is 12.8. The van der Waals surface area contributed by atoms with Crippen molar-refractivity contribution in [3.63, 3.8) is 0 Å². The molecule has 1 aromatic rings. The molecule has 2 heterocycles. The molecule has 166 valence electrons. The van der Waals surface area contributed by atoms with Gasteiger partial charge < -0.3 is 9.84 Å². The largest absolute Gasteiger partial charge is 0.508 e. The van der Waals surface area contributed by atoms with Crippen molar-refractivity contribution in [1.29, 1.82) is 0 Å². The summed E-state index contributed by atoms with van der Waals surface area (Å²) in [7, 11) is 1.62. The minimum atomic E-state index is -0.256. The van der Waals surface area contributed by atoms with Crippen molar-refractivity contribution >= 4 is 17.9 Å². The molecule has 31 heavy (non-hydrogen) atoms. The lowest BCUT2D eigenvalue weighted by atomic mass is 9.67. The standard InChI is InChI=1S/C26H33NO4/c1-5-16(11-17-7-6-8-18(28)12-17)9-10-22-23-19(15(2)3)13-20-24(21(23)14-31-22)26(30)27(4)25(20)29/h6-8,11-12,15,20-22,24,28H,5,9-10,13-14H2,1-4H3/b16-11+/t20-,21+,22-,24-/m1/s1. The molecule has 1 aliphatic carbocycles. The van der Waals surface area contributed by atoms with E-state index in [-0.39, 0.29) is 41.4 Å². The number of aromatic hydroxyl groups is 1. The summed E-state index contributed by atoms with van der Waals surface area (Å²) in [6, 6.07) is 7.31. The third-order valence-corrected chi connectivity index (χ3v) is 7.28. The van der Waals surface area contributed by atoms with Crippen molar-refractivity contribution in [2.24, 2.45) is 23.7 Å². The highest BCUT2D eigenvalue weighted by Gasteiger charge is 2.56. The average molecular weight is 424 g/mol. The van der Waals surface area contributed by atoms with Gasteiger partial charge in [0.25, 0.3) is 0 Å². The van der Waals surface area contributed by atoms with E-state index in [1.807, 2.05) is 12.1 Å². The van der Waals surface area contributed by atoms with Gasteiger partial charge in [0.05, 0.1) is 24.5 Å². The molecular weight excluding hydrogens is 390 g/mol. The number of carbonyl (C=O) groups excluding carboxylic acids is 2. The van der Waals surface area contributed by atoms with Crippen LogP contribution in [0.2, 0.25) is 0 Å². The first-order chi connectivity index (χ1) is 14.8. The molecule has 2 aliphatic heterocycles. The number of hydrogen-bond donors (Lipinski definition) is 1. The van der Waals surface area contributed by atoms with Gasteiger partial charge in [0.1, 0.15) is 5.75 Å². The SMILES string of the molecule is CC/C(=C\c1cccc(O)c1)CC[C@H]1OC[C@H]2C1=C(C(C)C)C[C@H]1C(=O)N(C)C(=O)[C@H]12. The third kappa shape index (κ3) is 3.96. The fraction of sp³-hybridized carbons (Fsp3) is 0.538. The fourth-order valence-corrected chi connectivity index (χ4v) is 5.63. The molecule has 3 aliphatic rings. The Morgan fingerprint density at radius 3 is 2.71 bits per heavy atom. The summed E-state index contributed by atoms with van der Waals surface area (Å²) >= 11 is 0. The predicted molar refractivity (Wildman–Crippen MR) is 120 cm³/mol. The lowest BCUT2D eigenvalue weighted by molar-refractivity contribution is -0.138. The van der Waals surface area contributed by atoms with Crippen molar-refractivity contribution < 1.29 is 19.4 Å². The van der Waals surface area contributed by atoms with Crippen LogP contribution in [0.5, 0.6) is 5.75 Å². The number of likely N-dealkylation sites (tertiary alicyclic amines) is 1. The van der Waals surface area contributed by atoms with Crippen molar-refractivity contribution in [2.45, 2.75) is 52.6 Å². The van der Waals surface area contributed by atoms with Gasteiger partial charge in [0.2, 0.25) is 11.8 Å². The van der Waals surface area contributed by atoms with Gasteiger partial charge in [-0.15, -0.1) is 0 Å². The number of imide groups is 1. The van der Waals surface area contributed by atoms with Gasteiger partial charge in [-0.3, -0.25) is 14.5 Å². The number of hydrogen-bond acceptors (Lipinski definition) is 4. The summed E-state index contributed by atoms with van der Waals surface area (Å²) in [5.74, 6) is 0.0971. The van der Waals surface area contributed by atoms with Gasteiger partial charge in [0.15, 0.2) is 0 Å². The van der Waals surface area contributed by atoms with Gasteiger partial charge in [-0.25, -0.2) is 0 Å². The van der Waals surface area contributed by atoms with Crippen molar-refractivity contribution in [2.75, 3.05) is 13.7 Å². The first-order valence-corrected chi connectivity index (χ1v) is 11.5. The highest BCUT2D eigenvalue weighted by atomic mass is 16.5. The number of phenolic OH excluding ortho intramolecular Hbond substituents is 1. The molecule has 4 rings (SSSR count). The van der Waals surface area contributed by atoms with Crippen LogP contribution in [-0.2, 0) is 14.3 Å². The Bertz CT molecular complexity index is 944. The Morgan fingerprint density at radius 2 is 2.03 bits per heavy atom. The summed E-state index contributed by atoms with van der Waals surface area (Å²) in [5.41, 5.74) is 4.92. The maximum Gasteiger partial charge on any atom is 0.233 e. The van der Waals surface area contributed by atoms with E-state index < -0.39 is 0 Å². The number of carbonyl (C=O) groups is 2.